The molecule has 0 spiro atoms. The SMILES string of the molecule is COc1ccc(-c2c(C3CCCCC3)c3ccc(C(=O)O)cc3n2CC(=O)N2CCC(N3CCCC3)CC2)cc1. The van der Waals surface area contributed by atoms with Gasteiger partial charge in [-0.2, -0.15) is 0 Å². The van der Waals surface area contributed by atoms with Crippen molar-refractivity contribution >= 4 is 22.8 Å². The highest BCUT2D eigenvalue weighted by molar-refractivity contribution is 5.99. The molecule has 1 saturated carbocycles. The van der Waals surface area contributed by atoms with Crippen LogP contribution in [0.4, 0.5) is 0 Å². The van der Waals surface area contributed by atoms with Crippen LogP contribution in [-0.4, -0.2) is 70.7 Å². The van der Waals surface area contributed by atoms with Gasteiger partial charge in [0.2, 0.25) is 5.91 Å². The van der Waals surface area contributed by atoms with Gasteiger partial charge in [0.25, 0.3) is 0 Å². The van der Waals surface area contributed by atoms with Crippen molar-refractivity contribution < 1.29 is 19.4 Å². The number of aromatic carboxylic acids is 1. The molecule has 3 fully saturated rings. The monoisotopic (exact) mass is 543 g/mol. The van der Waals surface area contributed by atoms with Crippen LogP contribution >= 0.6 is 0 Å². The Labute approximate surface area is 236 Å². The molecular weight excluding hydrogens is 502 g/mol. The van der Waals surface area contributed by atoms with Gasteiger partial charge in [-0.25, -0.2) is 4.79 Å². The standard InChI is InChI=1S/C33H41N3O4/c1-40-27-12-9-24(10-13-27)32-31(23-7-3-2-4-8-23)28-14-11-25(33(38)39)21-29(28)36(32)22-30(37)35-19-15-26(16-20-35)34-17-5-6-18-34/h9-14,21,23,26H,2-8,15-20,22H2,1H3,(H,38,39). The van der Waals surface area contributed by atoms with Crippen LogP contribution in [0.25, 0.3) is 22.2 Å². The van der Waals surface area contributed by atoms with E-state index in [2.05, 4.69) is 21.6 Å². The Bertz CT molecular complexity index is 1360. The zero-order valence-electron chi connectivity index (χ0n) is 23.6. The van der Waals surface area contributed by atoms with E-state index in [-0.39, 0.29) is 18.0 Å². The summed E-state index contributed by atoms with van der Waals surface area (Å²) in [4.78, 5) is 30.5. The maximum Gasteiger partial charge on any atom is 0.335 e. The van der Waals surface area contributed by atoms with Crippen LogP contribution in [0.15, 0.2) is 42.5 Å². The number of carbonyl (C=O) groups excluding carboxylic acids is 1. The topological polar surface area (TPSA) is 75.0 Å². The predicted octanol–water partition coefficient (Wildman–Crippen LogP) is 6.15. The predicted molar refractivity (Wildman–Crippen MR) is 157 cm³/mol. The molecule has 6 rings (SSSR count). The molecule has 0 bridgehead atoms. The number of ether oxygens (including phenoxy) is 1. The van der Waals surface area contributed by atoms with Gasteiger partial charge in [0.15, 0.2) is 0 Å². The third kappa shape index (κ3) is 5.24. The molecule has 40 heavy (non-hydrogen) atoms. The maximum atomic E-state index is 13.9. The molecular formula is C33H41N3O4. The van der Waals surface area contributed by atoms with Crippen molar-refractivity contribution in [1.29, 1.82) is 0 Å². The van der Waals surface area contributed by atoms with Gasteiger partial charge in [-0.15, -0.1) is 0 Å². The molecule has 7 heteroatoms. The van der Waals surface area contributed by atoms with Crippen LogP contribution in [0.3, 0.4) is 0 Å². The number of hydrogen-bond donors (Lipinski definition) is 1. The Morgan fingerprint density at radius 2 is 1.57 bits per heavy atom. The minimum atomic E-state index is -0.949. The van der Waals surface area contributed by atoms with Crippen LogP contribution in [0, 0.1) is 0 Å². The van der Waals surface area contributed by atoms with Crippen molar-refractivity contribution in [2.75, 3.05) is 33.3 Å². The number of fused-ring (bicyclic) bond motifs is 1. The molecule has 1 N–H and O–H groups in total. The van der Waals surface area contributed by atoms with Crippen molar-refractivity contribution in [3.63, 3.8) is 0 Å². The number of piperidine rings is 1. The summed E-state index contributed by atoms with van der Waals surface area (Å²) in [6.45, 7) is 4.16. The van der Waals surface area contributed by atoms with Gasteiger partial charge < -0.3 is 24.2 Å². The van der Waals surface area contributed by atoms with Gasteiger partial charge in [0, 0.05) is 24.5 Å². The van der Waals surface area contributed by atoms with Gasteiger partial charge in [-0.05, 0) is 105 Å². The number of hydrogen-bond acceptors (Lipinski definition) is 4. The summed E-state index contributed by atoms with van der Waals surface area (Å²) in [5.41, 5.74) is 4.44. The molecule has 2 saturated heterocycles. The summed E-state index contributed by atoms with van der Waals surface area (Å²) in [6.07, 6.45) is 10.5. The lowest BCUT2D eigenvalue weighted by Gasteiger charge is -2.36. The normalized spacial score (nSPS) is 19.4. The molecule has 1 amide bonds. The summed E-state index contributed by atoms with van der Waals surface area (Å²) in [5, 5.41) is 10.9. The van der Waals surface area contributed by atoms with Gasteiger partial charge in [-0.3, -0.25) is 4.79 Å². The summed E-state index contributed by atoms with van der Waals surface area (Å²) in [7, 11) is 1.67. The molecule has 3 aliphatic rings. The molecule has 2 aromatic carbocycles. The third-order valence-corrected chi connectivity index (χ3v) is 9.50. The fourth-order valence-corrected chi connectivity index (χ4v) is 7.36. The molecule has 0 unspecified atom stereocenters. The second-order valence-electron chi connectivity index (χ2n) is 11.8. The van der Waals surface area contributed by atoms with Crippen LogP contribution < -0.4 is 4.74 Å². The molecule has 0 radical (unpaired) electrons. The maximum absolute atomic E-state index is 13.9. The Hall–Kier alpha value is -3.32. The number of carboxylic acid groups (broad SMARTS) is 1. The first kappa shape index (κ1) is 26.9. The number of benzene rings is 2. The van der Waals surface area contributed by atoms with Crippen LogP contribution in [-0.2, 0) is 11.3 Å². The van der Waals surface area contributed by atoms with E-state index in [4.69, 9.17) is 4.74 Å². The van der Waals surface area contributed by atoms with Crippen molar-refractivity contribution in [2.24, 2.45) is 0 Å². The zero-order chi connectivity index (χ0) is 27.6. The largest absolute Gasteiger partial charge is 0.497 e. The first-order valence-electron chi connectivity index (χ1n) is 15.1. The van der Waals surface area contributed by atoms with Gasteiger partial charge in [0.05, 0.1) is 23.9 Å². The highest BCUT2D eigenvalue weighted by atomic mass is 16.5. The number of amides is 1. The average molecular weight is 544 g/mol. The number of rotatable bonds is 7. The van der Waals surface area contributed by atoms with Crippen molar-refractivity contribution in [3.8, 4) is 17.0 Å². The van der Waals surface area contributed by atoms with E-state index in [1.807, 2.05) is 23.1 Å². The van der Waals surface area contributed by atoms with Crippen LogP contribution in [0.1, 0.15) is 79.6 Å². The van der Waals surface area contributed by atoms with Crippen LogP contribution in [0.5, 0.6) is 5.75 Å². The first-order chi connectivity index (χ1) is 19.5. The number of carbonyl (C=O) groups is 2. The number of methoxy groups -OCH3 is 1. The number of likely N-dealkylation sites (tertiary alicyclic amines) is 2. The van der Waals surface area contributed by atoms with E-state index in [1.165, 1.54) is 50.8 Å². The van der Waals surface area contributed by atoms with E-state index < -0.39 is 5.97 Å². The number of nitrogens with zero attached hydrogens (tertiary/aromatic N) is 3. The minimum Gasteiger partial charge on any atom is -0.497 e. The van der Waals surface area contributed by atoms with E-state index in [9.17, 15) is 14.7 Å². The highest BCUT2D eigenvalue weighted by Gasteiger charge is 2.31. The number of aromatic nitrogens is 1. The lowest BCUT2D eigenvalue weighted by atomic mass is 9.82. The van der Waals surface area contributed by atoms with Crippen molar-refractivity contribution in [2.45, 2.75) is 76.3 Å². The summed E-state index contributed by atoms with van der Waals surface area (Å²) in [6, 6.07) is 14.1. The summed E-state index contributed by atoms with van der Waals surface area (Å²) >= 11 is 0. The summed E-state index contributed by atoms with van der Waals surface area (Å²) < 4.78 is 7.55. The van der Waals surface area contributed by atoms with Gasteiger partial charge in [0.1, 0.15) is 12.3 Å². The average Bonchev–Trinajstić information content (AvgIpc) is 3.65. The van der Waals surface area contributed by atoms with E-state index >= 15 is 0 Å². The Balaban J connectivity index is 1.40. The quantitative estimate of drug-likeness (QED) is 0.387. The van der Waals surface area contributed by atoms with E-state index in [0.717, 1.165) is 66.7 Å². The Kier molecular flexibility index (Phi) is 7.83. The lowest BCUT2D eigenvalue weighted by molar-refractivity contribution is -0.133. The molecule has 3 aromatic rings. The van der Waals surface area contributed by atoms with E-state index in [0.29, 0.717) is 12.0 Å². The first-order valence-corrected chi connectivity index (χ1v) is 15.1. The fourth-order valence-electron chi connectivity index (χ4n) is 7.36. The molecule has 0 atom stereocenters. The second-order valence-corrected chi connectivity index (χ2v) is 11.8. The minimum absolute atomic E-state index is 0.113. The highest BCUT2D eigenvalue weighted by Crippen LogP contribution is 2.44. The summed E-state index contributed by atoms with van der Waals surface area (Å²) in [5.74, 6) is 0.338. The molecule has 3 heterocycles. The zero-order valence-corrected chi connectivity index (χ0v) is 23.6. The molecule has 1 aromatic heterocycles. The molecule has 7 nitrogen and oxygen atoms in total. The fraction of sp³-hybridized carbons (Fsp3) is 0.515. The Morgan fingerprint density at radius 1 is 0.875 bits per heavy atom. The molecule has 1 aliphatic carbocycles. The Morgan fingerprint density at radius 3 is 2.23 bits per heavy atom. The number of carboxylic acids is 1. The molecule has 212 valence electrons. The second kappa shape index (κ2) is 11.7. The molecule has 2 aliphatic heterocycles. The van der Waals surface area contributed by atoms with Crippen LogP contribution in [0.2, 0.25) is 0 Å². The van der Waals surface area contributed by atoms with Gasteiger partial charge in [-0.1, -0.05) is 25.3 Å². The third-order valence-electron chi connectivity index (χ3n) is 9.50. The van der Waals surface area contributed by atoms with E-state index in [1.54, 1.807) is 19.2 Å². The lowest BCUT2D eigenvalue weighted by Crippen LogP contribution is -2.46. The smallest absolute Gasteiger partial charge is 0.335 e. The van der Waals surface area contributed by atoms with Crippen molar-refractivity contribution in [3.05, 3.63) is 53.6 Å². The van der Waals surface area contributed by atoms with Gasteiger partial charge >= 0.3 is 5.97 Å². The van der Waals surface area contributed by atoms with Crippen molar-refractivity contribution in [1.82, 2.24) is 14.4 Å².